The lowest BCUT2D eigenvalue weighted by Gasteiger charge is -2.32. The van der Waals surface area contributed by atoms with E-state index >= 15 is 0 Å². The molecule has 2 rings (SSSR count). The molecule has 1 aliphatic heterocycles. The Morgan fingerprint density at radius 1 is 1.22 bits per heavy atom. The number of likely N-dealkylation sites (tertiary alicyclic amines) is 1. The highest BCUT2D eigenvalue weighted by Crippen LogP contribution is 2.35. The Labute approximate surface area is 173 Å². The summed E-state index contributed by atoms with van der Waals surface area (Å²) in [5.74, 6) is 0.665. The van der Waals surface area contributed by atoms with Crippen LogP contribution in [0.5, 0.6) is 5.75 Å². The van der Waals surface area contributed by atoms with Gasteiger partial charge in [0, 0.05) is 37.6 Å². The summed E-state index contributed by atoms with van der Waals surface area (Å²) < 4.78 is 22.4. The Hall–Kier alpha value is -1.11. The number of hydrogen-bond donors (Lipinski definition) is 0. The van der Waals surface area contributed by atoms with E-state index in [1.54, 1.807) is 26.2 Å². The third kappa shape index (κ3) is 5.46. The van der Waals surface area contributed by atoms with E-state index in [0.29, 0.717) is 40.2 Å². The van der Waals surface area contributed by atoms with Gasteiger partial charge in [-0.2, -0.15) is 4.40 Å². The molecule has 0 spiro atoms. The largest absolute Gasteiger partial charge is 0.496 e. The number of halogens is 2. The molecule has 0 bridgehead atoms. The predicted molar refractivity (Wildman–Crippen MR) is 112 cm³/mol. The summed E-state index contributed by atoms with van der Waals surface area (Å²) in [6.07, 6.45) is 1.48. The second kappa shape index (κ2) is 8.93. The molecule has 0 N–H and O–H groups in total. The average Bonchev–Trinajstić information content (AvgIpc) is 2.60. The van der Waals surface area contributed by atoms with Crippen molar-refractivity contribution in [1.29, 1.82) is 0 Å². The SMILES string of the molecule is COc1cc(Cl)c(Cl)cc1/C(=N\S(=O)C(C)(C)C)C1CCN(C(C)=O)CC1. The van der Waals surface area contributed by atoms with Crippen molar-refractivity contribution in [3.8, 4) is 5.75 Å². The first-order chi connectivity index (χ1) is 12.5. The molecule has 1 atom stereocenters. The summed E-state index contributed by atoms with van der Waals surface area (Å²) in [6, 6.07) is 3.37. The minimum absolute atomic E-state index is 0.0537. The van der Waals surface area contributed by atoms with Crippen molar-refractivity contribution in [2.75, 3.05) is 20.2 Å². The fourth-order valence-electron chi connectivity index (χ4n) is 2.94. The maximum Gasteiger partial charge on any atom is 0.219 e. The van der Waals surface area contributed by atoms with Crippen LogP contribution in [0.1, 0.15) is 46.1 Å². The molecule has 1 amide bonds. The summed E-state index contributed by atoms with van der Waals surface area (Å²) in [7, 11) is 0.122. The van der Waals surface area contributed by atoms with Crippen molar-refractivity contribution in [3.63, 3.8) is 0 Å². The van der Waals surface area contributed by atoms with Crippen LogP contribution in [0.4, 0.5) is 0 Å². The Bertz CT molecular complexity index is 767. The number of methoxy groups -OCH3 is 1. The van der Waals surface area contributed by atoms with Crippen molar-refractivity contribution < 1.29 is 13.7 Å². The Morgan fingerprint density at radius 3 is 2.26 bits per heavy atom. The molecule has 5 nitrogen and oxygen atoms in total. The zero-order valence-corrected chi connectivity index (χ0v) is 18.7. The van der Waals surface area contributed by atoms with E-state index in [0.717, 1.165) is 12.8 Å². The molecular formula is C19H26Cl2N2O3S. The van der Waals surface area contributed by atoms with Gasteiger partial charge in [0.25, 0.3) is 0 Å². The van der Waals surface area contributed by atoms with Crippen molar-refractivity contribution in [2.24, 2.45) is 10.3 Å². The van der Waals surface area contributed by atoms with Gasteiger partial charge in [-0.05, 0) is 39.7 Å². The van der Waals surface area contributed by atoms with Gasteiger partial charge in [0.05, 0.1) is 27.6 Å². The third-order valence-electron chi connectivity index (χ3n) is 4.55. The average molecular weight is 433 g/mol. The van der Waals surface area contributed by atoms with Gasteiger partial charge >= 0.3 is 0 Å². The fraction of sp³-hybridized carbons (Fsp3) is 0.579. The quantitative estimate of drug-likeness (QED) is 0.657. The van der Waals surface area contributed by atoms with Gasteiger partial charge in [0.1, 0.15) is 16.7 Å². The number of hydrogen-bond acceptors (Lipinski definition) is 3. The number of benzene rings is 1. The molecule has 150 valence electrons. The van der Waals surface area contributed by atoms with Gasteiger partial charge in [0.2, 0.25) is 5.91 Å². The van der Waals surface area contributed by atoms with Crippen LogP contribution < -0.4 is 4.74 Å². The van der Waals surface area contributed by atoms with Crippen LogP contribution in [-0.2, 0) is 15.8 Å². The molecule has 1 aliphatic rings. The van der Waals surface area contributed by atoms with Crippen molar-refractivity contribution in [3.05, 3.63) is 27.7 Å². The first-order valence-electron chi connectivity index (χ1n) is 8.84. The molecule has 0 aromatic heterocycles. The first-order valence-corrected chi connectivity index (χ1v) is 10.7. The molecule has 1 saturated heterocycles. The first kappa shape index (κ1) is 22.2. The number of carbonyl (C=O) groups is 1. The Morgan fingerprint density at radius 2 is 1.78 bits per heavy atom. The van der Waals surface area contributed by atoms with E-state index in [9.17, 15) is 9.00 Å². The highest BCUT2D eigenvalue weighted by Gasteiger charge is 2.30. The Balaban J connectivity index is 2.49. The number of carbonyl (C=O) groups excluding carboxylic acids is 1. The van der Waals surface area contributed by atoms with Crippen LogP contribution in [0, 0.1) is 5.92 Å². The van der Waals surface area contributed by atoms with Gasteiger partial charge in [-0.1, -0.05) is 23.2 Å². The lowest BCUT2D eigenvalue weighted by atomic mass is 9.88. The molecule has 0 radical (unpaired) electrons. The van der Waals surface area contributed by atoms with Crippen LogP contribution in [0.3, 0.4) is 0 Å². The summed E-state index contributed by atoms with van der Waals surface area (Å²) in [5.41, 5.74) is 1.40. The van der Waals surface area contributed by atoms with Gasteiger partial charge in [0.15, 0.2) is 0 Å². The van der Waals surface area contributed by atoms with Gasteiger partial charge in [-0.15, -0.1) is 0 Å². The van der Waals surface area contributed by atoms with Gasteiger partial charge in [-0.25, -0.2) is 4.21 Å². The van der Waals surface area contributed by atoms with Crippen molar-refractivity contribution in [1.82, 2.24) is 4.90 Å². The minimum Gasteiger partial charge on any atom is -0.496 e. The highest BCUT2D eigenvalue weighted by atomic mass is 35.5. The summed E-state index contributed by atoms with van der Waals surface area (Å²) in [5, 5.41) is 0.780. The predicted octanol–water partition coefficient (Wildman–Crippen LogP) is 4.51. The smallest absolute Gasteiger partial charge is 0.219 e. The maximum absolute atomic E-state index is 12.8. The van der Waals surface area contributed by atoms with Gasteiger partial charge < -0.3 is 9.64 Å². The van der Waals surface area contributed by atoms with Crippen LogP contribution in [-0.4, -0.2) is 45.7 Å². The maximum atomic E-state index is 12.8. The standard InChI is InChI=1S/C19H26Cl2N2O3S/c1-12(24)23-8-6-13(7-9-23)18(22-27(25)19(2,3)4)14-10-15(20)16(21)11-17(14)26-5/h10-11,13H,6-9H2,1-5H3/b22-18-. The van der Waals surface area contributed by atoms with E-state index in [4.69, 9.17) is 27.9 Å². The van der Waals surface area contributed by atoms with Crippen molar-refractivity contribution >= 4 is 45.8 Å². The molecule has 0 aliphatic carbocycles. The number of nitrogens with zero attached hydrogens (tertiary/aromatic N) is 2. The second-order valence-electron chi connectivity index (χ2n) is 7.58. The lowest BCUT2D eigenvalue weighted by Crippen LogP contribution is -2.39. The summed E-state index contributed by atoms with van der Waals surface area (Å²) in [6.45, 7) is 8.51. The monoisotopic (exact) mass is 432 g/mol. The van der Waals surface area contributed by atoms with E-state index < -0.39 is 15.7 Å². The van der Waals surface area contributed by atoms with Gasteiger partial charge in [-0.3, -0.25) is 4.79 Å². The zero-order valence-electron chi connectivity index (χ0n) is 16.3. The summed E-state index contributed by atoms with van der Waals surface area (Å²) >= 11 is 12.4. The molecule has 8 heteroatoms. The lowest BCUT2D eigenvalue weighted by molar-refractivity contribution is -0.129. The minimum atomic E-state index is -1.43. The normalized spacial score (nSPS) is 17.7. The van der Waals surface area contributed by atoms with Crippen LogP contribution >= 0.6 is 23.2 Å². The third-order valence-corrected chi connectivity index (χ3v) is 6.68. The zero-order chi connectivity index (χ0) is 20.4. The molecule has 1 heterocycles. The number of piperidine rings is 1. The van der Waals surface area contributed by atoms with E-state index in [-0.39, 0.29) is 11.8 Å². The topological polar surface area (TPSA) is 59.0 Å². The van der Waals surface area contributed by atoms with Crippen molar-refractivity contribution in [2.45, 2.75) is 45.3 Å². The number of amides is 1. The van der Waals surface area contributed by atoms with Crippen LogP contribution in [0.2, 0.25) is 10.0 Å². The Kier molecular flexibility index (Phi) is 7.33. The molecule has 27 heavy (non-hydrogen) atoms. The molecule has 1 aromatic rings. The summed E-state index contributed by atoms with van der Waals surface area (Å²) in [4.78, 5) is 13.5. The van der Waals surface area contributed by atoms with E-state index in [1.807, 2.05) is 25.7 Å². The van der Waals surface area contributed by atoms with E-state index in [1.165, 1.54) is 0 Å². The van der Waals surface area contributed by atoms with Crippen LogP contribution in [0.15, 0.2) is 16.5 Å². The fourth-order valence-corrected chi connectivity index (χ4v) is 3.95. The van der Waals surface area contributed by atoms with Crippen LogP contribution in [0.25, 0.3) is 0 Å². The number of rotatable bonds is 4. The number of ether oxygens (including phenoxy) is 1. The molecular weight excluding hydrogens is 407 g/mol. The molecule has 1 fully saturated rings. The molecule has 1 aromatic carbocycles. The molecule has 0 saturated carbocycles. The second-order valence-corrected chi connectivity index (χ2v) is 10.3. The molecule has 1 unspecified atom stereocenters. The highest BCUT2D eigenvalue weighted by molar-refractivity contribution is 7.85. The van der Waals surface area contributed by atoms with E-state index in [2.05, 4.69) is 4.40 Å².